The molecule has 0 atom stereocenters. The Balaban J connectivity index is 2.13. The Morgan fingerprint density at radius 3 is 2.20 bits per heavy atom. The standard InChI is InChI=1S/C17H18F2O/c1-13(2)15-10-6-7-11-16(15)20-12-17(18,19)14-8-4-3-5-9-14/h3-11,13H,12H2,1-2H3. The first-order valence-corrected chi connectivity index (χ1v) is 6.66. The molecule has 3 heteroatoms. The molecule has 0 aromatic heterocycles. The molecule has 0 heterocycles. The van der Waals surface area contributed by atoms with E-state index in [2.05, 4.69) is 0 Å². The van der Waals surface area contributed by atoms with E-state index in [1.54, 1.807) is 30.3 Å². The van der Waals surface area contributed by atoms with Crippen LogP contribution in [-0.2, 0) is 5.92 Å². The van der Waals surface area contributed by atoms with Crippen molar-refractivity contribution in [2.24, 2.45) is 0 Å². The van der Waals surface area contributed by atoms with E-state index in [0.717, 1.165) is 5.56 Å². The molecular weight excluding hydrogens is 258 g/mol. The van der Waals surface area contributed by atoms with Crippen molar-refractivity contribution in [1.29, 1.82) is 0 Å². The van der Waals surface area contributed by atoms with Crippen LogP contribution < -0.4 is 4.74 Å². The van der Waals surface area contributed by atoms with Gasteiger partial charge in [-0.1, -0.05) is 62.4 Å². The van der Waals surface area contributed by atoms with E-state index in [9.17, 15) is 8.78 Å². The minimum Gasteiger partial charge on any atom is -0.487 e. The molecule has 0 saturated heterocycles. The SMILES string of the molecule is CC(C)c1ccccc1OCC(F)(F)c1ccccc1. The van der Waals surface area contributed by atoms with E-state index in [1.807, 2.05) is 26.0 Å². The lowest BCUT2D eigenvalue weighted by Crippen LogP contribution is -2.23. The highest BCUT2D eigenvalue weighted by Gasteiger charge is 2.32. The zero-order chi connectivity index (χ0) is 14.6. The average molecular weight is 276 g/mol. The Kier molecular flexibility index (Phi) is 4.38. The number of para-hydroxylation sites is 1. The van der Waals surface area contributed by atoms with Gasteiger partial charge in [-0.25, -0.2) is 0 Å². The number of ether oxygens (including phenoxy) is 1. The zero-order valence-electron chi connectivity index (χ0n) is 11.6. The van der Waals surface area contributed by atoms with Crippen molar-refractivity contribution in [2.75, 3.05) is 6.61 Å². The van der Waals surface area contributed by atoms with Gasteiger partial charge in [-0.2, -0.15) is 8.78 Å². The van der Waals surface area contributed by atoms with Crippen molar-refractivity contribution in [1.82, 2.24) is 0 Å². The van der Waals surface area contributed by atoms with Crippen LogP contribution in [0.15, 0.2) is 54.6 Å². The molecule has 0 fully saturated rings. The topological polar surface area (TPSA) is 9.23 Å². The molecule has 106 valence electrons. The lowest BCUT2D eigenvalue weighted by atomic mass is 10.0. The van der Waals surface area contributed by atoms with Crippen molar-refractivity contribution in [3.8, 4) is 5.75 Å². The van der Waals surface area contributed by atoms with Crippen LogP contribution in [-0.4, -0.2) is 6.61 Å². The second-order valence-electron chi connectivity index (χ2n) is 5.05. The van der Waals surface area contributed by atoms with E-state index in [1.165, 1.54) is 12.1 Å². The molecule has 1 nitrogen and oxygen atoms in total. The normalized spacial score (nSPS) is 11.7. The highest BCUT2D eigenvalue weighted by atomic mass is 19.3. The predicted octanol–water partition coefficient (Wildman–Crippen LogP) is 4.98. The van der Waals surface area contributed by atoms with Gasteiger partial charge < -0.3 is 4.74 Å². The molecule has 0 amide bonds. The first-order chi connectivity index (χ1) is 9.50. The molecule has 0 spiro atoms. The van der Waals surface area contributed by atoms with Gasteiger partial charge in [-0.05, 0) is 17.5 Å². The number of hydrogen-bond donors (Lipinski definition) is 0. The van der Waals surface area contributed by atoms with Crippen LogP contribution in [0.2, 0.25) is 0 Å². The van der Waals surface area contributed by atoms with Crippen LogP contribution in [0.25, 0.3) is 0 Å². The maximum Gasteiger partial charge on any atom is 0.306 e. The third-order valence-corrected chi connectivity index (χ3v) is 3.15. The van der Waals surface area contributed by atoms with E-state index in [-0.39, 0.29) is 11.5 Å². The molecular formula is C17H18F2O. The average Bonchev–Trinajstić information content (AvgIpc) is 2.46. The Labute approximate surface area is 118 Å². The molecule has 0 bridgehead atoms. The second-order valence-corrected chi connectivity index (χ2v) is 5.05. The molecule has 0 unspecified atom stereocenters. The quantitative estimate of drug-likeness (QED) is 0.748. The van der Waals surface area contributed by atoms with Gasteiger partial charge >= 0.3 is 5.92 Å². The third kappa shape index (κ3) is 3.35. The summed E-state index contributed by atoms with van der Waals surface area (Å²) in [5.41, 5.74) is 0.915. The summed E-state index contributed by atoms with van der Waals surface area (Å²) in [5, 5.41) is 0. The summed E-state index contributed by atoms with van der Waals surface area (Å²) in [6.07, 6.45) is 0. The highest BCUT2D eigenvalue weighted by Crippen LogP contribution is 2.31. The number of rotatable bonds is 5. The van der Waals surface area contributed by atoms with E-state index >= 15 is 0 Å². The Hall–Kier alpha value is -1.90. The number of hydrogen-bond acceptors (Lipinski definition) is 1. The summed E-state index contributed by atoms with van der Waals surface area (Å²) in [7, 11) is 0. The molecule has 2 aromatic rings. The Morgan fingerprint density at radius 2 is 1.55 bits per heavy atom. The zero-order valence-corrected chi connectivity index (χ0v) is 11.6. The fourth-order valence-electron chi connectivity index (χ4n) is 2.02. The minimum atomic E-state index is -2.99. The lowest BCUT2D eigenvalue weighted by Gasteiger charge is -2.19. The monoisotopic (exact) mass is 276 g/mol. The molecule has 0 aliphatic rings. The van der Waals surface area contributed by atoms with Crippen molar-refractivity contribution in [3.63, 3.8) is 0 Å². The minimum absolute atomic E-state index is 0.0259. The van der Waals surface area contributed by atoms with Gasteiger partial charge in [0.25, 0.3) is 0 Å². The predicted molar refractivity (Wildman–Crippen MR) is 76.4 cm³/mol. The summed E-state index contributed by atoms with van der Waals surface area (Å²) in [6, 6.07) is 15.1. The first kappa shape index (κ1) is 14.5. The van der Waals surface area contributed by atoms with Crippen molar-refractivity contribution in [3.05, 3.63) is 65.7 Å². The summed E-state index contributed by atoms with van der Waals surface area (Å²) in [6.45, 7) is 3.37. The first-order valence-electron chi connectivity index (χ1n) is 6.66. The summed E-state index contributed by atoms with van der Waals surface area (Å²) in [5.74, 6) is -2.24. The van der Waals surface area contributed by atoms with Gasteiger partial charge in [0.05, 0.1) is 0 Å². The van der Waals surface area contributed by atoms with Gasteiger partial charge in [-0.15, -0.1) is 0 Å². The number of alkyl halides is 2. The van der Waals surface area contributed by atoms with E-state index in [4.69, 9.17) is 4.74 Å². The molecule has 2 aromatic carbocycles. The largest absolute Gasteiger partial charge is 0.487 e. The van der Waals surface area contributed by atoms with E-state index in [0.29, 0.717) is 5.75 Å². The van der Waals surface area contributed by atoms with Crippen molar-refractivity contribution < 1.29 is 13.5 Å². The third-order valence-electron chi connectivity index (χ3n) is 3.15. The number of halogens is 2. The van der Waals surface area contributed by atoms with Gasteiger partial charge in [0.15, 0.2) is 6.61 Å². The molecule has 0 aliphatic carbocycles. The fourth-order valence-corrected chi connectivity index (χ4v) is 2.02. The molecule has 0 saturated carbocycles. The van der Waals surface area contributed by atoms with Crippen LogP contribution in [0.4, 0.5) is 8.78 Å². The van der Waals surface area contributed by atoms with Crippen LogP contribution in [0, 0.1) is 0 Å². The van der Waals surface area contributed by atoms with Crippen LogP contribution >= 0.6 is 0 Å². The van der Waals surface area contributed by atoms with Crippen molar-refractivity contribution in [2.45, 2.75) is 25.7 Å². The maximum atomic E-state index is 14.0. The van der Waals surface area contributed by atoms with Crippen LogP contribution in [0.1, 0.15) is 30.9 Å². The summed E-state index contributed by atoms with van der Waals surface area (Å²) < 4.78 is 33.5. The van der Waals surface area contributed by atoms with Gasteiger partial charge in [0.2, 0.25) is 0 Å². The highest BCUT2D eigenvalue weighted by molar-refractivity contribution is 5.35. The van der Waals surface area contributed by atoms with Gasteiger partial charge in [0.1, 0.15) is 5.75 Å². The maximum absolute atomic E-state index is 14.0. The molecule has 20 heavy (non-hydrogen) atoms. The molecule has 0 radical (unpaired) electrons. The Bertz CT molecular complexity index is 550. The lowest BCUT2D eigenvalue weighted by molar-refractivity contribution is -0.0469. The van der Waals surface area contributed by atoms with Crippen LogP contribution in [0.5, 0.6) is 5.75 Å². The number of benzene rings is 2. The van der Waals surface area contributed by atoms with Crippen molar-refractivity contribution >= 4 is 0 Å². The van der Waals surface area contributed by atoms with Gasteiger partial charge in [0, 0.05) is 5.56 Å². The Morgan fingerprint density at radius 1 is 0.950 bits per heavy atom. The summed E-state index contributed by atoms with van der Waals surface area (Å²) >= 11 is 0. The van der Waals surface area contributed by atoms with E-state index < -0.39 is 12.5 Å². The summed E-state index contributed by atoms with van der Waals surface area (Å²) in [4.78, 5) is 0. The second kappa shape index (κ2) is 6.04. The molecule has 2 rings (SSSR count). The molecule has 0 aliphatic heterocycles. The fraction of sp³-hybridized carbons (Fsp3) is 0.294. The molecule has 0 N–H and O–H groups in total. The van der Waals surface area contributed by atoms with Gasteiger partial charge in [-0.3, -0.25) is 0 Å². The van der Waals surface area contributed by atoms with Crippen LogP contribution in [0.3, 0.4) is 0 Å². The smallest absolute Gasteiger partial charge is 0.306 e.